The SMILES string of the molecule is COc1ccc(OC)c([C@@H]2[C@H](C(=O)c3ccc(C)cc3)N3c4ccc(Cl)cc4C=C[C@@H]3C23C(=O)c2ccccc2C3=O)c1. The number of Topliss-reactive ketones (excluding diaryl/α,β-unsaturated/α-hetero) is 3. The number of aryl methyl sites for hydroxylation is 1. The monoisotopic (exact) mass is 589 g/mol. The molecule has 1 saturated heterocycles. The lowest BCUT2D eigenvalue weighted by atomic mass is 9.64. The first-order chi connectivity index (χ1) is 20.8. The molecule has 1 aliphatic carbocycles. The third-order valence-electron chi connectivity index (χ3n) is 9.14. The Morgan fingerprint density at radius 2 is 1.56 bits per heavy atom. The van der Waals surface area contributed by atoms with Gasteiger partial charge in [-0.25, -0.2) is 0 Å². The average Bonchev–Trinajstić information content (AvgIpc) is 3.46. The molecule has 2 aliphatic heterocycles. The minimum absolute atomic E-state index is 0.204. The van der Waals surface area contributed by atoms with E-state index in [0.717, 1.165) is 16.8 Å². The molecule has 4 aromatic carbocycles. The van der Waals surface area contributed by atoms with Crippen LogP contribution in [0.5, 0.6) is 11.5 Å². The van der Waals surface area contributed by atoms with E-state index in [1.807, 2.05) is 48.2 Å². The van der Waals surface area contributed by atoms with Crippen LogP contribution in [0.1, 0.15) is 53.7 Å². The van der Waals surface area contributed by atoms with Crippen LogP contribution in [0.3, 0.4) is 0 Å². The maximum Gasteiger partial charge on any atom is 0.185 e. The van der Waals surface area contributed by atoms with Crippen molar-refractivity contribution in [2.45, 2.75) is 24.9 Å². The van der Waals surface area contributed by atoms with Crippen LogP contribution in [0, 0.1) is 12.3 Å². The van der Waals surface area contributed by atoms with E-state index in [0.29, 0.717) is 38.8 Å². The van der Waals surface area contributed by atoms with Crippen LogP contribution in [-0.4, -0.2) is 43.7 Å². The van der Waals surface area contributed by atoms with E-state index in [2.05, 4.69) is 0 Å². The maximum absolute atomic E-state index is 14.9. The Balaban J connectivity index is 1.58. The van der Waals surface area contributed by atoms with Crippen molar-refractivity contribution >= 4 is 40.7 Å². The highest BCUT2D eigenvalue weighted by atomic mass is 35.5. The molecule has 4 aromatic rings. The van der Waals surface area contributed by atoms with Crippen LogP contribution < -0.4 is 14.4 Å². The first-order valence-electron chi connectivity index (χ1n) is 14.1. The molecule has 3 aliphatic rings. The number of hydrogen-bond acceptors (Lipinski definition) is 6. The van der Waals surface area contributed by atoms with Gasteiger partial charge in [-0.15, -0.1) is 0 Å². The van der Waals surface area contributed by atoms with Crippen molar-refractivity contribution in [2.24, 2.45) is 5.41 Å². The second kappa shape index (κ2) is 9.96. The van der Waals surface area contributed by atoms with Crippen LogP contribution in [0.2, 0.25) is 5.02 Å². The molecule has 43 heavy (non-hydrogen) atoms. The highest BCUT2D eigenvalue weighted by Gasteiger charge is 2.72. The number of fused-ring (bicyclic) bond motifs is 5. The number of carbonyl (C=O) groups is 3. The Hall–Kier alpha value is -4.68. The van der Waals surface area contributed by atoms with Gasteiger partial charge in [0, 0.05) is 38.9 Å². The van der Waals surface area contributed by atoms with Crippen molar-refractivity contribution in [2.75, 3.05) is 19.1 Å². The number of carbonyl (C=O) groups excluding carboxylic acids is 3. The molecule has 0 unspecified atom stereocenters. The minimum atomic E-state index is -1.65. The molecule has 0 N–H and O–H groups in total. The Morgan fingerprint density at radius 1 is 0.860 bits per heavy atom. The van der Waals surface area contributed by atoms with Gasteiger partial charge in [-0.3, -0.25) is 14.4 Å². The predicted octanol–water partition coefficient (Wildman–Crippen LogP) is 6.98. The summed E-state index contributed by atoms with van der Waals surface area (Å²) >= 11 is 6.40. The van der Waals surface area contributed by atoms with E-state index in [4.69, 9.17) is 21.1 Å². The van der Waals surface area contributed by atoms with Crippen molar-refractivity contribution in [1.82, 2.24) is 0 Å². The van der Waals surface area contributed by atoms with Gasteiger partial charge in [-0.1, -0.05) is 77.8 Å². The van der Waals surface area contributed by atoms with Gasteiger partial charge in [0.15, 0.2) is 17.3 Å². The Morgan fingerprint density at radius 3 is 2.21 bits per heavy atom. The summed E-state index contributed by atoms with van der Waals surface area (Å²) in [5.41, 5.74) is 2.65. The van der Waals surface area contributed by atoms with E-state index >= 15 is 0 Å². The topological polar surface area (TPSA) is 72.9 Å². The molecule has 0 saturated carbocycles. The molecular weight excluding hydrogens is 562 g/mol. The van der Waals surface area contributed by atoms with Gasteiger partial charge in [0.05, 0.1) is 20.3 Å². The molecule has 214 valence electrons. The zero-order valence-corrected chi connectivity index (χ0v) is 24.6. The maximum atomic E-state index is 14.9. The van der Waals surface area contributed by atoms with E-state index in [1.165, 1.54) is 0 Å². The first kappa shape index (κ1) is 27.2. The van der Waals surface area contributed by atoms with E-state index in [-0.39, 0.29) is 17.3 Å². The number of nitrogens with zero attached hydrogens (tertiary/aromatic N) is 1. The largest absolute Gasteiger partial charge is 0.497 e. The zero-order chi connectivity index (χ0) is 30.0. The number of hydrogen-bond donors (Lipinski definition) is 0. The molecule has 0 bridgehead atoms. The number of methoxy groups -OCH3 is 2. The number of benzene rings is 4. The molecular formula is C36H28ClNO5. The lowest BCUT2D eigenvalue weighted by Gasteiger charge is -2.37. The number of ether oxygens (including phenoxy) is 2. The van der Waals surface area contributed by atoms with Crippen molar-refractivity contribution in [3.8, 4) is 11.5 Å². The van der Waals surface area contributed by atoms with Gasteiger partial charge < -0.3 is 14.4 Å². The Kier molecular flexibility index (Phi) is 6.29. The van der Waals surface area contributed by atoms with Crippen LogP contribution in [0.15, 0.2) is 91.0 Å². The molecule has 2 heterocycles. The number of rotatable bonds is 5. The lowest BCUT2D eigenvalue weighted by molar-refractivity contribution is 0.0664. The molecule has 7 heteroatoms. The Bertz CT molecular complexity index is 1830. The summed E-state index contributed by atoms with van der Waals surface area (Å²) in [6.07, 6.45) is 3.77. The smallest absolute Gasteiger partial charge is 0.185 e. The summed E-state index contributed by atoms with van der Waals surface area (Å²) in [5, 5.41) is 0.545. The van der Waals surface area contributed by atoms with Gasteiger partial charge in [0.1, 0.15) is 23.0 Å². The van der Waals surface area contributed by atoms with Crippen LogP contribution in [-0.2, 0) is 0 Å². The highest BCUT2D eigenvalue weighted by molar-refractivity contribution is 6.33. The van der Waals surface area contributed by atoms with E-state index in [1.54, 1.807) is 74.9 Å². The molecule has 3 atom stereocenters. The van der Waals surface area contributed by atoms with Crippen molar-refractivity contribution in [3.05, 3.63) is 129 Å². The molecule has 7 rings (SSSR count). The van der Waals surface area contributed by atoms with Crippen LogP contribution >= 0.6 is 11.6 Å². The molecule has 0 radical (unpaired) electrons. The van der Waals surface area contributed by atoms with Crippen molar-refractivity contribution in [1.29, 1.82) is 0 Å². The van der Waals surface area contributed by atoms with Crippen LogP contribution in [0.25, 0.3) is 6.08 Å². The van der Waals surface area contributed by atoms with Gasteiger partial charge in [0.2, 0.25) is 0 Å². The number of halogens is 1. The van der Waals surface area contributed by atoms with Gasteiger partial charge in [0.25, 0.3) is 0 Å². The summed E-state index contributed by atoms with van der Waals surface area (Å²) in [4.78, 5) is 46.5. The normalized spacial score (nSPS) is 21.0. The van der Waals surface area contributed by atoms with Gasteiger partial charge >= 0.3 is 0 Å². The van der Waals surface area contributed by atoms with Crippen molar-refractivity contribution < 1.29 is 23.9 Å². The molecule has 0 amide bonds. The minimum Gasteiger partial charge on any atom is -0.497 e. The summed E-state index contributed by atoms with van der Waals surface area (Å²) in [6.45, 7) is 1.96. The highest BCUT2D eigenvalue weighted by Crippen LogP contribution is 2.62. The third-order valence-corrected chi connectivity index (χ3v) is 9.38. The molecule has 6 nitrogen and oxygen atoms in total. The van der Waals surface area contributed by atoms with Crippen molar-refractivity contribution in [3.63, 3.8) is 0 Å². The fourth-order valence-electron chi connectivity index (χ4n) is 7.26. The van der Waals surface area contributed by atoms with E-state index in [9.17, 15) is 14.4 Å². The molecule has 1 spiro atoms. The summed E-state index contributed by atoms with van der Waals surface area (Å²) < 4.78 is 11.5. The molecule has 0 aromatic heterocycles. The number of ketones is 3. The van der Waals surface area contributed by atoms with Gasteiger partial charge in [-0.05, 0) is 48.9 Å². The second-order valence-corrected chi connectivity index (χ2v) is 11.7. The van der Waals surface area contributed by atoms with Gasteiger partial charge in [-0.2, -0.15) is 0 Å². The standard InChI is InChI=1S/C36H28ClNO5/c1-20-8-10-21(11-9-20)33(39)32-31(27-19-24(42-2)14-16-29(27)43-3)36(34(40)25-6-4-5-7-26(25)35(36)41)30-17-12-22-18-23(37)13-15-28(22)38(30)32/h4-19,30-32H,1-3H3/t30-,31-,32-/m1/s1. The third kappa shape index (κ3) is 3.76. The Labute approximate surface area is 254 Å². The van der Waals surface area contributed by atoms with E-state index < -0.39 is 23.4 Å². The fraction of sp³-hybridized carbons (Fsp3) is 0.194. The zero-order valence-electron chi connectivity index (χ0n) is 23.8. The lowest BCUT2D eigenvalue weighted by Crippen LogP contribution is -2.48. The second-order valence-electron chi connectivity index (χ2n) is 11.2. The van der Waals surface area contributed by atoms with Crippen LogP contribution in [0.4, 0.5) is 5.69 Å². The fourth-order valence-corrected chi connectivity index (χ4v) is 7.44. The summed E-state index contributed by atoms with van der Waals surface area (Å²) in [7, 11) is 3.10. The molecule has 1 fully saturated rings. The quantitative estimate of drug-likeness (QED) is 0.185. The average molecular weight is 590 g/mol. The summed E-state index contributed by atoms with van der Waals surface area (Å²) in [5.74, 6) is -0.753. The first-order valence-corrected chi connectivity index (χ1v) is 14.5. The number of anilines is 1. The summed E-state index contributed by atoms with van der Waals surface area (Å²) in [6, 6.07) is 23.4. The predicted molar refractivity (Wildman–Crippen MR) is 166 cm³/mol.